The maximum absolute atomic E-state index is 4.80. The molecule has 2 saturated carbocycles. The largest absolute Gasteiger partial charge is 0.246 e. The molecule has 0 spiro atoms. The molecule has 0 aliphatic heterocycles. The predicted octanol–water partition coefficient (Wildman–Crippen LogP) is 7.98. The van der Waals surface area contributed by atoms with Gasteiger partial charge in [0.15, 0.2) is 0 Å². The minimum Gasteiger partial charge on any atom is -0.246 e. The van der Waals surface area contributed by atoms with Gasteiger partial charge in [0.25, 0.3) is 0 Å². The summed E-state index contributed by atoms with van der Waals surface area (Å²) in [4.78, 5) is 0. The fourth-order valence-electron chi connectivity index (χ4n) is 6.64. The van der Waals surface area contributed by atoms with Crippen molar-refractivity contribution >= 4 is 0 Å². The van der Waals surface area contributed by atoms with Crippen LogP contribution in [0.5, 0.6) is 0 Å². The van der Waals surface area contributed by atoms with E-state index in [1.807, 2.05) is 0 Å². The van der Waals surface area contributed by atoms with Gasteiger partial charge in [-0.25, -0.2) is 4.68 Å². The van der Waals surface area contributed by atoms with E-state index >= 15 is 0 Å². The van der Waals surface area contributed by atoms with Gasteiger partial charge in [-0.1, -0.05) is 108 Å². The summed E-state index contributed by atoms with van der Waals surface area (Å²) >= 11 is 0. The van der Waals surface area contributed by atoms with Gasteiger partial charge in [-0.2, -0.15) is 0 Å². The molecule has 3 aliphatic carbocycles. The van der Waals surface area contributed by atoms with Crippen molar-refractivity contribution in [2.45, 2.75) is 147 Å². The zero-order valence-electron chi connectivity index (χ0n) is 19.6. The molecular weight excluding hydrogens is 366 g/mol. The van der Waals surface area contributed by atoms with Crippen molar-refractivity contribution < 1.29 is 0 Å². The lowest BCUT2D eigenvalue weighted by molar-refractivity contribution is 0.288. The first-order valence-electron chi connectivity index (χ1n) is 13.8. The molecule has 0 radical (unpaired) electrons. The molecule has 1 atom stereocenters. The molecule has 170 valence electrons. The van der Waals surface area contributed by atoms with Gasteiger partial charge in [0.1, 0.15) is 0 Å². The summed E-state index contributed by atoms with van der Waals surface area (Å²) in [5.74, 6) is 1.82. The van der Waals surface area contributed by atoms with Gasteiger partial charge in [0, 0.05) is 0 Å². The highest BCUT2D eigenvalue weighted by Gasteiger charge is 2.26. The van der Waals surface area contributed by atoms with Crippen molar-refractivity contribution in [3.8, 4) is 0 Å². The summed E-state index contributed by atoms with van der Waals surface area (Å²) in [5.41, 5.74) is 2.90. The van der Waals surface area contributed by atoms with Crippen LogP contribution in [-0.2, 0) is 12.8 Å². The van der Waals surface area contributed by atoms with Crippen LogP contribution in [0, 0.1) is 11.8 Å². The molecule has 1 heterocycles. The van der Waals surface area contributed by atoms with Gasteiger partial charge < -0.3 is 0 Å². The van der Waals surface area contributed by atoms with Crippen LogP contribution in [0.2, 0.25) is 0 Å². The van der Waals surface area contributed by atoms with Crippen molar-refractivity contribution in [1.82, 2.24) is 15.0 Å². The van der Waals surface area contributed by atoms with E-state index in [1.165, 1.54) is 153 Å². The van der Waals surface area contributed by atoms with Crippen LogP contribution in [0.1, 0.15) is 146 Å². The van der Waals surface area contributed by atoms with Gasteiger partial charge in [-0.3, -0.25) is 0 Å². The van der Waals surface area contributed by atoms with Crippen LogP contribution >= 0.6 is 0 Å². The fraction of sp³-hybridized carbons (Fsp3) is 0.926. The van der Waals surface area contributed by atoms with E-state index in [9.17, 15) is 0 Å². The van der Waals surface area contributed by atoms with E-state index in [0.29, 0.717) is 6.04 Å². The number of nitrogens with zero attached hydrogens (tertiary/aromatic N) is 3. The summed E-state index contributed by atoms with van der Waals surface area (Å²) in [6.07, 6.45) is 31.0. The lowest BCUT2D eigenvalue weighted by Gasteiger charge is -2.26. The molecule has 30 heavy (non-hydrogen) atoms. The first kappa shape index (κ1) is 22.3. The third-order valence-electron chi connectivity index (χ3n) is 8.44. The maximum atomic E-state index is 4.80. The number of hydrogen-bond donors (Lipinski definition) is 0. The van der Waals surface area contributed by atoms with Gasteiger partial charge >= 0.3 is 0 Å². The molecule has 1 aromatic rings. The summed E-state index contributed by atoms with van der Waals surface area (Å²) in [6.45, 7) is 0. The number of hydrogen-bond acceptors (Lipinski definition) is 2. The van der Waals surface area contributed by atoms with Gasteiger partial charge in [-0.15, -0.1) is 5.10 Å². The SMILES string of the molecule is C1CCCCC(CC2CCCCc3c(nnn3C3CCCCCCC3)C2)CCCC1. The van der Waals surface area contributed by atoms with Gasteiger partial charge in [0.05, 0.1) is 17.4 Å². The number of rotatable bonds is 3. The first-order valence-corrected chi connectivity index (χ1v) is 13.8. The molecule has 0 aromatic carbocycles. The zero-order valence-corrected chi connectivity index (χ0v) is 19.6. The van der Waals surface area contributed by atoms with E-state index in [0.717, 1.165) is 11.8 Å². The van der Waals surface area contributed by atoms with Crippen LogP contribution < -0.4 is 0 Å². The predicted molar refractivity (Wildman–Crippen MR) is 126 cm³/mol. The third-order valence-corrected chi connectivity index (χ3v) is 8.44. The van der Waals surface area contributed by atoms with Crippen LogP contribution in [0.4, 0.5) is 0 Å². The molecule has 0 bridgehead atoms. The van der Waals surface area contributed by atoms with Crippen molar-refractivity contribution in [2.24, 2.45) is 11.8 Å². The number of aromatic nitrogens is 3. The molecule has 3 heteroatoms. The monoisotopic (exact) mass is 413 g/mol. The summed E-state index contributed by atoms with van der Waals surface area (Å²) in [6, 6.07) is 0.623. The minimum absolute atomic E-state index is 0.623. The van der Waals surface area contributed by atoms with Crippen LogP contribution in [0.15, 0.2) is 0 Å². The molecule has 2 fully saturated rings. The molecule has 1 unspecified atom stereocenters. The molecule has 1 aromatic heterocycles. The lowest BCUT2D eigenvalue weighted by atomic mass is 9.80. The third kappa shape index (κ3) is 6.57. The summed E-state index contributed by atoms with van der Waals surface area (Å²) < 4.78 is 2.41. The zero-order chi connectivity index (χ0) is 20.4. The maximum Gasteiger partial charge on any atom is 0.0862 e. The summed E-state index contributed by atoms with van der Waals surface area (Å²) in [7, 11) is 0. The van der Waals surface area contributed by atoms with E-state index in [1.54, 1.807) is 0 Å². The minimum atomic E-state index is 0.623. The Hall–Kier alpha value is -0.860. The van der Waals surface area contributed by atoms with E-state index in [4.69, 9.17) is 10.3 Å². The normalized spacial score (nSPS) is 26.7. The fourth-order valence-corrected chi connectivity index (χ4v) is 6.64. The standard InChI is InChI=1S/C27H47N3/c1-2-5-9-15-23(16-10-6-3-1)21-24-17-13-14-20-27-26(22-24)28-29-30(27)25-18-11-7-4-8-12-19-25/h23-25H,1-22H2. The molecule has 0 saturated heterocycles. The number of fused-ring (bicyclic) bond motifs is 1. The average molecular weight is 414 g/mol. The molecule has 4 rings (SSSR count). The van der Waals surface area contributed by atoms with Crippen molar-refractivity contribution in [3.63, 3.8) is 0 Å². The molecule has 0 amide bonds. The Morgan fingerprint density at radius 2 is 1.13 bits per heavy atom. The van der Waals surface area contributed by atoms with Crippen LogP contribution in [0.3, 0.4) is 0 Å². The van der Waals surface area contributed by atoms with Gasteiger partial charge in [0.2, 0.25) is 0 Å². The van der Waals surface area contributed by atoms with Crippen LogP contribution in [0.25, 0.3) is 0 Å². The second kappa shape index (κ2) is 12.2. The van der Waals surface area contributed by atoms with Gasteiger partial charge in [-0.05, 0) is 50.4 Å². The van der Waals surface area contributed by atoms with E-state index in [2.05, 4.69) is 4.68 Å². The molecular formula is C27H47N3. The Kier molecular flexibility index (Phi) is 9.12. The highest BCUT2D eigenvalue weighted by atomic mass is 15.4. The Labute approximate surface area is 185 Å². The van der Waals surface area contributed by atoms with E-state index < -0.39 is 0 Å². The second-order valence-electron chi connectivity index (χ2n) is 10.9. The highest BCUT2D eigenvalue weighted by Crippen LogP contribution is 2.34. The summed E-state index contributed by atoms with van der Waals surface area (Å²) in [5, 5.41) is 9.58. The smallest absolute Gasteiger partial charge is 0.0862 e. The molecule has 3 nitrogen and oxygen atoms in total. The highest BCUT2D eigenvalue weighted by molar-refractivity contribution is 5.13. The lowest BCUT2D eigenvalue weighted by Crippen LogP contribution is -2.19. The van der Waals surface area contributed by atoms with E-state index in [-0.39, 0.29) is 0 Å². The Bertz CT molecular complexity index is 589. The first-order chi connectivity index (χ1) is 14.9. The second-order valence-corrected chi connectivity index (χ2v) is 10.9. The topological polar surface area (TPSA) is 30.7 Å². The van der Waals surface area contributed by atoms with Crippen molar-refractivity contribution in [2.75, 3.05) is 0 Å². The van der Waals surface area contributed by atoms with Crippen LogP contribution in [-0.4, -0.2) is 15.0 Å². The average Bonchev–Trinajstić information content (AvgIpc) is 3.09. The van der Waals surface area contributed by atoms with Crippen molar-refractivity contribution in [1.29, 1.82) is 0 Å². The Morgan fingerprint density at radius 1 is 0.600 bits per heavy atom. The Balaban J connectivity index is 1.40. The van der Waals surface area contributed by atoms with Crippen molar-refractivity contribution in [3.05, 3.63) is 11.4 Å². The molecule has 3 aliphatic rings. The quantitative estimate of drug-likeness (QED) is 0.503. The Morgan fingerprint density at radius 3 is 1.80 bits per heavy atom. The molecule has 0 N–H and O–H groups in total.